The molecule has 0 N–H and O–H groups in total. The first-order chi connectivity index (χ1) is 12.5. The lowest BCUT2D eigenvalue weighted by molar-refractivity contribution is -0.141. The summed E-state index contributed by atoms with van der Waals surface area (Å²) in [4.78, 5) is 20.4. The van der Waals surface area contributed by atoms with Crippen LogP contribution in [0.15, 0.2) is 42.5 Å². The predicted octanol–water partition coefficient (Wildman–Crippen LogP) is 3.48. The van der Waals surface area contributed by atoms with E-state index in [1.54, 1.807) is 30.3 Å². The number of rotatable bonds is 4. The molecular weight excluding hydrogens is 344 g/mol. The Hall–Kier alpha value is -3.60. The molecule has 0 aliphatic heterocycles. The maximum absolute atomic E-state index is 13.4. The van der Waals surface area contributed by atoms with E-state index in [1.165, 1.54) is 6.07 Å². The monoisotopic (exact) mass is 355 g/mol. The van der Waals surface area contributed by atoms with Crippen molar-refractivity contribution in [2.75, 3.05) is 7.11 Å². The standard InChI is InChI=1S/C18H11F2N3O3/c1-25-18(24)11(9-21)16-17(23-15-5-3-2-4-14(15)22-16)26-10-6-7-12(19)13(20)8-10/h2-8,11H,1H3/t11-/m1/s1. The van der Waals surface area contributed by atoms with Crippen LogP contribution < -0.4 is 4.74 Å². The summed E-state index contributed by atoms with van der Waals surface area (Å²) in [6.45, 7) is 0. The van der Waals surface area contributed by atoms with Gasteiger partial charge >= 0.3 is 5.97 Å². The highest BCUT2D eigenvalue weighted by Crippen LogP contribution is 2.30. The third kappa shape index (κ3) is 3.28. The summed E-state index contributed by atoms with van der Waals surface area (Å²) in [5.41, 5.74) is 0.794. The molecule has 0 aliphatic carbocycles. The second kappa shape index (κ2) is 7.11. The van der Waals surface area contributed by atoms with Crippen LogP contribution in [0.5, 0.6) is 11.6 Å². The molecule has 1 aromatic heterocycles. The summed E-state index contributed by atoms with van der Waals surface area (Å²) in [6.07, 6.45) is 0. The molecule has 8 heteroatoms. The minimum absolute atomic E-state index is 0.0590. The molecule has 0 saturated carbocycles. The summed E-state index contributed by atoms with van der Waals surface area (Å²) in [5.74, 6) is -4.61. The molecule has 26 heavy (non-hydrogen) atoms. The number of esters is 1. The lowest BCUT2D eigenvalue weighted by atomic mass is 10.1. The number of hydrogen-bond acceptors (Lipinski definition) is 6. The number of aromatic nitrogens is 2. The van der Waals surface area contributed by atoms with Gasteiger partial charge in [-0.05, 0) is 24.3 Å². The van der Waals surface area contributed by atoms with Crippen LogP contribution in [0.3, 0.4) is 0 Å². The normalized spacial score (nSPS) is 11.6. The molecule has 0 unspecified atom stereocenters. The first kappa shape index (κ1) is 17.2. The van der Waals surface area contributed by atoms with Crippen molar-refractivity contribution in [2.24, 2.45) is 0 Å². The first-order valence-corrected chi connectivity index (χ1v) is 7.40. The van der Waals surface area contributed by atoms with Crippen molar-refractivity contribution in [3.8, 4) is 17.7 Å². The molecular formula is C18H11F2N3O3. The van der Waals surface area contributed by atoms with Crippen LogP contribution in [0.1, 0.15) is 11.6 Å². The van der Waals surface area contributed by atoms with E-state index in [1.807, 2.05) is 0 Å². The summed E-state index contributed by atoms with van der Waals surface area (Å²) < 4.78 is 36.6. The van der Waals surface area contributed by atoms with Gasteiger partial charge in [0.2, 0.25) is 5.88 Å². The fourth-order valence-corrected chi connectivity index (χ4v) is 2.26. The van der Waals surface area contributed by atoms with Gasteiger partial charge in [-0.25, -0.2) is 18.7 Å². The van der Waals surface area contributed by atoms with Crippen molar-refractivity contribution in [2.45, 2.75) is 5.92 Å². The van der Waals surface area contributed by atoms with Gasteiger partial charge in [0.1, 0.15) is 11.4 Å². The number of methoxy groups -OCH3 is 1. The Labute approximate surface area is 146 Å². The molecule has 3 rings (SSSR count). The van der Waals surface area contributed by atoms with Gasteiger partial charge in [0.15, 0.2) is 17.6 Å². The van der Waals surface area contributed by atoms with Crippen LogP contribution in [0.25, 0.3) is 11.0 Å². The number of nitriles is 1. The molecule has 0 saturated heterocycles. The van der Waals surface area contributed by atoms with E-state index in [2.05, 4.69) is 14.7 Å². The summed E-state index contributed by atoms with van der Waals surface area (Å²) in [5, 5.41) is 9.34. The highest BCUT2D eigenvalue weighted by Gasteiger charge is 2.28. The highest BCUT2D eigenvalue weighted by atomic mass is 19.2. The molecule has 3 aromatic rings. The first-order valence-electron chi connectivity index (χ1n) is 7.40. The summed E-state index contributed by atoms with van der Waals surface area (Å²) in [6, 6.07) is 11.4. The van der Waals surface area contributed by atoms with E-state index >= 15 is 0 Å². The molecule has 0 bridgehead atoms. The van der Waals surface area contributed by atoms with Crippen LogP contribution in [-0.4, -0.2) is 23.0 Å². The van der Waals surface area contributed by atoms with E-state index in [0.717, 1.165) is 19.2 Å². The average molecular weight is 355 g/mol. The molecule has 1 heterocycles. The maximum Gasteiger partial charge on any atom is 0.329 e. The van der Waals surface area contributed by atoms with Crippen LogP contribution >= 0.6 is 0 Å². The fourth-order valence-electron chi connectivity index (χ4n) is 2.26. The lowest BCUT2D eigenvalue weighted by Crippen LogP contribution is -2.15. The minimum Gasteiger partial charge on any atom is -0.468 e. The Kier molecular flexibility index (Phi) is 4.71. The zero-order valence-electron chi connectivity index (χ0n) is 13.4. The quantitative estimate of drug-likeness (QED) is 0.666. The number of ether oxygens (including phenoxy) is 2. The Balaban J connectivity index is 2.14. The van der Waals surface area contributed by atoms with Crippen LogP contribution in [-0.2, 0) is 9.53 Å². The SMILES string of the molecule is COC(=O)[C@H](C#N)c1nc2ccccc2nc1Oc1ccc(F)c(F)c1. The van der Waals surface area contributed by atoms with Crippen LogP contribution in [0.2, 0.25) is 0 Å². The molecule has 6 nitrogen and oxygen atoms in total. The zero-order valence-corrected chi connectivity index (χ0v) is 13.4. The minimum atomic E-state index is -1.39. The van der Waals surface area contributed by atoms with Gasteiger partial charge in [0, 0.05) is 6.07 Å². The molecule has 1 atom stereocenters. The van der Waals surface area contributed by atoms with E-state index in [4.69, 9.17) is 4.74 Å². The Morgan fingerprint density at radius 1 is 1.12 bits per heavy atom. The number of fused-ring (bicyclic) bond motifs is 1. The van der Waals surface area contributed by atoms with E-state index < -0.39 is 23.5 Å². The third-order valence-electron chi connectivity index (χ3n) is 3.51. The van der Waals surface area contributed by atoms with Crippen molar-refractivity contribution in [1.29, 1.82) is 5.26 Å². The van der Waals surface area contributed by atoms with Gasteiger partial charge in [0.25, 0.3) is 0 Å². The van der Waals surface area contributed by atoms with Gasteiger partial charge in [-0.15, -0.1) is 0 Å². The Morgan fingerprint density at radius 2 is 1.81 bits per heavy atom. The summed E-state index contributed by atoms with van der Waals surface area (Å²) >= 11 is 0. The number of carbonyl (C=O) groups excluding carboxylic acids is 1. The predicted molar refractivity (Wildman–Crippen MR) is 86.3 cm³/mol. The van der Waals surface area contributed by atoms with E-state index in [0.29, 0.717) is 11.0 Å². The average Bonchev–Trinajstić information content (AvgIpc) is 2.65. The van der Waals surface area contributed by atoms with Crippen molar-refractivity contribution in [1.82, 2.24) is 9.97 Å². The molecule has 130 valence electrons. The second-order valence-corrected chi connectivity index (χ2v) is 5.17. The molecule has 0 radical (unpaired) electrons. The zero-order chi connectivity index (χ0) is 18.7. The van der Waals surface area contributed by atoms with Crippen LogP contribution in [0, 0.1) is 23.0 Å². The van der Waals surface area contributed by atoms with Gasteiger partial charge in [-0.2, -0.15) is 5.26 Å². The Morgan fingerprint density at radius 3 is 2.42 bits per heavy atom. The highest BCUT2D eigenvalue weighted by molar-refractivity contribution is 5.83. The van der Waals surface area contributed by atoms with Gasteiger partial charge in [-0.3, -0.25) is 4.79 Å². The van der Waals surface area contributed by atoms with Gasteiger partial charge in [0.05, 0.1) is 24.2 Å². The van der Waals surface area contributed by atoms with Crippen molar-refractivity contribution >= 4 is 17.0 Å². The number of hydrogen-bond donors (Lipinski definition) is 0. The molecule has 0 spiro atoms. The third-order valence-corrected chi connectivity index (χ3v) is 3.51. The number of para-hydroxylation sites is 2. The number of nitrogens with zero attached hydrogens (tertiary/aromatic N) is 3. The largest absolute Gasteiger partial charge is 0.468 e. The van der Waals surface area contributed by atoms with Crippen molar-refractivity contribution < 1.29 is 23.0 Å². The second-order valence-electron chi connectivity index (χ2n) is 5.17. The number of carbonyl (C=O) groups is 1. The van der Waals surface area contributed by atoms with Gasteiger partial charge in [-0.1, -0.05) is 12.1 Å². The number of halogens is 2. The van der Waals surface area contributed by atoms with Crippen molar-refractivity contribution in [3.05, 3.63) is 59.8 Å². The lowest BCUT2D eigenvalue weighted by Gasteiger charge is -2.13. The van der Waals surface area contributed by atoms with E-state index in [-0.39, 0.29) is 17.3 Å². The molecule has 0 aliphatic rings. The van der Waals surface area contributed by atoms with Crippen molar-refractivity contribution in [3.63, 3.8) is 0 Å². The Bertz CT molecular complexity index is 1030. The number of benzene rings is 2. The molecule has 2 aromatic carbocycles. The van der Waals surface area contributed by atoms with E-state index in [9.17, 15) is 18.8 Å². The van der Waals surface area contributed by atoms with Crippen LogP contribution in [0.4, 0.5) is 8.78 Å². The molecule has 0 fully saturated rings. The maximum atomic E-state index is 13.4. The topological polar surface area (TPSA) is 85.1 Å². The smallest absolute Gasteiger partial charge is 0.329 e. The molecule has 0 amide bonds. The fraction of sp³-hybridized carbons (Fsp3) is 0.111. The summed E-state index contributed by atoms with van der Waals surface area (Å²) in [7, 11) is 1.14. The van der Waals surface area contributed by atoms with Gasteiger partial charge < -0.3 is 9.47 Å².